The lowest BCUT2D eigenvalue weighted by molar-refractivity contribution is -0.145. The molecule has 0 bridgehead atoms. The van der Waals surface area contributed by atoms with Crippen molar-refractivity contribution in [2.45, 2.75) is 6.18 Å². The number of methoxy groups -OCH3 is 1. The van der Waals surface area contributed by atoms with Crippen molar-refractivity contribution in [1.29, 1.82) is 0 Å². The summed E-state index contributed by atoms with van der Waals surface area (Å²) >= 11 is 0. The molecule has 1 N–H and O–H groups in total. The highest BCUT2D eigenvalue weighted by Gasteiger charge is 2.38. The number of aromatic nitrogens is 2. The van der Waals surface area contributed by atoms with Crippen molar-refractivity contribution in [2.75, 3.05) is 12.4 Å². The summed E-state index contributed by atoms with van der Waals surface area (Å²) in [6.07, 6.45) is -4.81. The van der Waals surface area contributed by atoms with Gasteiger partial charge in [-0.15, -0.1) is 0 Å². The number of anilines is 1. The zero-order chi connectivity index (χ0) is 24.6. The maximum Gasteiger partial charge on any atom is 0.450 e. The zero-order valence-corrected chi connectivity index (χ0v) is 17.3. The molecule has 0 spiro atoms. The average Bonchev–Trinajstić information content (AvgIpc) is 3.20. The molecule has 0 fully saturated rings. The van der Waals surface area contributed by atoms with Crippen molar-refractivity contribution in [2.24, 2.45) is 0 Å². The number of benzene rings is 3. The number of nitrogens with one attached hydrogen (secondary N) is 1. The van der Waals surface area contributed by atoms with E-state index < -0.39 is 41.1 Å². The van der Waals surface area contributed by atoms with E-state index in [1.54, 1.807) is 0 Å². The van der Waals surface area contributed by atoms with Crippen LogP contribution in [0.25, 0.3) is 16.7 Å². The van der Waals surface area contributed by atoms with Gasteiger partial charge in [-0.05, 0) is 54.6 Å². The first-order chi connectivity index (χ1) is 16.1. The molecule has 3 aromatic carbocycles. The number of nitrogens with zero attached hydrogens (tertiary/aromatic N) is 2. The predicted octanol–water partition coefficient (Wildman–Crippen LogP) is 5.36. The minimum atomic E-state index is -4.81. The second kappa shape index (κ2) is 8.58. The molecule has 1 aromatic heterocycles. The van der Waals surface area contributed by atoms with Crippen molar-refractivity contribution in [3.05, 3.63) is 89.2 Å². The Kier molecular flexibility index (Phi) is 5.78. The number of carbonyl (C=O) groups excluding carboxylic acids is 2. The first-order valence-electron chi connectivity index (χ1n) is 9.64. The number of ether oxygens (including phenoxy) is 1. The lowest BCUT2D eigenvalue weighted by Crippen LogP contribution is -2.15. The molecule has 34 heavy (non-hydrogen) atoms. The van der Waals surface area contributed by atoms with Gasteiger partial charge in [0, 0.05) is 11.4 Å². The van der Waals surface area contributed by atoms with E-state index in [1.165, 1.54) is 48.5 Å². The third-order valence-electron chi connectivity index (χ3n) is 4.91. The van der Waals surface area contributed by atoms with Gasteiger partial charge < -0.3 is 10.1 Å². The summed E-state index contributed by atoms with van der Waals surface area (Å²) in [6, 6.07) is 12.1. The number of hydrogen-bond acceptors (Lipinski definition) is 4. The molecule has 0 unspecified atom stereocenters. The second-order valence-corrected chi connectivity index (χ2v) is 7.07. The molecule has 11 heteroatoms. The number of alkyl halides is 3. The Morgan fingerprint density at radius 2 is 1.71 bits per heavy atom. The normalized spacial score (nSPS) is 11.5. The molecule has 4 aromatic rings. The van der Waals surface area contributed by atoms with Gasteiger partial charge in [0.05, 0.1) is 29.3 Å². The molecule has 6 nitrogen and oxygen atoms in total. The smallest absolute Gasteiger partial charge is 0.450 e. The fourth-order valence-corrected chi connectivity index (χ4v) is 3.35. The Bertz CT molecular complexity index is 1410. The van der Waals surface area contributed by atoms with Crippen LogP contribution in [0.1, 0.15) is 26.5 Å². The number of halogens is 5. The van der Waals surface area contributed by atoms with E-state index in [4.69, 9.17) is 0 Å². The molecule has 1 heterocycles. The standard InChI is InChI=1S/C23H14F5N3O3/c1-34-21(33)12-5-10-18-17(11-12)30-22(23(26,27)28)31(18)14-8-6-13(7-9-14)29-20(32)15-3-2-4-16(24)19(15)25/h2-11H,1H3,(H,29,32). The average molecular weight is 475 g/mol. The van der Waals surface area contributed by atoms with Crippen LogP contribution in [0.2, 0.25) is 0 Å². The second-order valence-electron chi connectivity index (χ2n) is 7.07. The van der Waals surface area contributed by atoms with Crippen LogP contribution in [-0.4, -0.2) is 28.5 Å². The van der Waals surface area contributed by atoms with Crippen LogP contribution in [-0.2, 0) is 10.9 Å². The molecule has 174 valence electrons. The van der Waals surface area contributed by atoms with Crippen LogP contribution in [0, 0.1) is 11.6 Å². The third-order valence-corrected chi connectivity index (χ3v) is 4.91. The van der Waals surface area contributed by atoms with Crippen LogP contribution in [0.5, 0.6) is 0 Å². The Labute approximate surface area is 188 Å². The molecule has 0 radical (unpaired) electrons. The number of fused-ring (bicyclic) bond motifs is 1. The van der Waals surface area contributed by atoms with Gasteiger partial charge in [0.15, 0.2) is 11.6 Å². The quantitative estimate of drug-likeness (QED) is 0.319. The van der Waals surface area contributed by atoms with Crippen LogP contribution >= 0.6 is 0 Å². The van der Waals surface area contributed by atoms with Crippen molar-refractivity contribution in [3.8, 4) is 5.69 Å². The lowest BCUT2D eigenvalue weighted by atomic mass is 10.1. The molecule has 0 aliphatic rings. The summed E-state index contributed by atoms with van der Waals surface area (Å²) in [5, 5.41) is 2.36. The number of amides is 1. The molecular weight excluding hydrogens is 461 g/mol. The summed E-state index contributed by atoms with van der Waals surface area (Å²) in [4.78, 5) is 27.6. The van der Waals surface area contributed by atoms with Crippen molar-refractivity contribution >= 4 is 28.6 Å². The van der Waals surface area contributed by atoms with Gasteiger partial charge in [0.1, 0.15) is 0 Å². The topological polar surface area (TPSA) is 73.2 Å². The fourth-order valence-electron chi connectivity index (χ4n) is 3.35. The Hall–Kier alpha value is -4.28. The molecule has 0 saturated heterocycles. The summed E-state index contributed by atoms with van der Waals surface area (Å²) < 4.78 is 73.8. The molecule has 0 aliphatic carbocycles. The van der Waals surface area contributed by atoms with Crippen molar-refractivity contribution in [3.63, 3.8) is 0 Å². The molecular formula is C23H14F5N3O3. The van der Waals surface area contributed by atoms with E-state index in [0.717, 1.165) is 23.8 Å². The number of esters is 1. The van der Waals surface area contributed by atoms with Crippen molar-refractivity contribution in [1.82, 2.24) is 9.55 Å². The van der Waals surface area contributed by atoms with Crippen LogP contribution in [0.4, 0.5) is 27.6 Å². The summed E-state index contributed by atoms with van der Waals surface area (Å²) in [5.41, 5.74) is -0.270. The first-order valence-corrected chi connectivity index (χ1v) is 9.64. The Morgan fingerprint density at radius 1 is 1.00 bits per heavy atom. The molecule has 0 aliphatic heterocycles. The van der Waals surface area contributed by atoms with Crippen LogP contribution in [0.15, 0.2) is 60.7 Å². The van der Waals surface area contributed by atoms with Gasteiger partial charge >= 0.3 is 12.1 Å². The summed E-state index contributed by atoms with van der Waals surface area (Å²) in [6.45, 7) is 0. The largest absolute Gasteiger partial charge is 0.465 e. The lowest BCUT2D eigenvalue weighted by Gasteiger charge is -2.13. The molecule has 1 amide bonds. The number of imidazole rings is 1. The van der Waals surface area contributed by atoms with E-state index >= 15 is 0 Å². The summed E-state index contributed by atoms with van der Waals surface area (Å²) in [7, 11) is 1.15. The Morgan fingerprint density at radius 3 is 2.35 bits per heavy atom. The number of rotatable bonds is 4. The maximum atomic E-state index is 13.8. The predicted molar refractivity (Wildman–Crippen MR) is 112 cm³/mol. The molecule has 4 rings (SSSR count). The SMILES string of the molecule is COC(=O)c1ccc2c(c1)nc(C(F)(F)F)n2-c1ccc(NC(=O)c2cccc(F)c2F)cc1. The van der Waals surface area contributed by atoms with Crippen LogP contribution in [0.3, 0.4) is 0 Å². The monoisotopic (exact) mass is 475 g/mol. The zero-order valence-electron chi connectivity index (χ0n) is 17.3. The number of carbonyl (C=O) groups is 2. The van der Waals surface area contributed by atoms with E-state index in [1.807, 2.05) is 0 Å². The van der Waals surface area contributed by atoms with Gasteiger partial charge in [-0.1, -0.05) is 6.07 Å². The molecule has 0 atom stereocenters. The highest BCUT2D eigenvalue weighted by Crippen LogP contribution is 2.34. The summed E-state index contributed by atoms with van der Waals surface area (Å²) in [5.74, 6) is -5.38. The van der Waals surface area contributed by atoms with Crippen LogP contribution < -0.4 is 5.32 Å². The van der Waals surface area contributed by atoms with E-state index in [9.17, 15) is 31.5 Å². The highest BCUT2D eigenvalue weighted by atomic mass is 19.4. The number of hydrogen-bond donors (Lipinski definition) is 1. The van der Waals surface area contributed by atoms with Gasteiger partial charge in [0.25, 0.3) is 5.91 Å². The first kappa shape index (κ1) is 22.9. The molecule has 0 saturated carbocycles. The van der Waals surface area contributed by atoms with Crippen molar-refractivity contribution < 1.29 is 36.3 Å². The van der Waals surface area contributed by atoms with Gasteiger partial charge in [-0.2, -0.15) is 13.2 Å². The minimum absolute atomic E-state index is 0.0380. The van der Waals surface area contributed by atoms with E-state index in [-0.39, 0.29) is 28.0 Å². The van der Waals surface area contributed by atoms with Gasteiger partial charge in [0.2, 0.25) is 5.82 Å². The minimum Gasteiger partial charge on any atom is -0.465 e. The maximum absolute atomic E-state index is 13.8. The van der Waals surface area contributed by atoms with Gasteiger partial charge in [-0.3, -0.25) is 9.36 Å². The van der Waals surface area contributed by atoms with Gasteiger partial charge in [-0.25, -0.2) is 18.6 Å². The fraction of sp³-hybridized carbons (Fsp3) is 0.0870. The third kappa shape index (κ3) is 4.19. The Balaban J connectivity index is 1.71. The van der Waals surface area contributed by atoms with E-state index in [2.05, 4.69) is 15.0 Å². The van der Waals surface area contributed by atoms with E-state index in [0.29, 0.717) is 0 Å². The highest BCUT2D eigenvalue weighted by molar-refractivity contribution is 6.04.